The summed E-state index contributed by atoms with van der Waals surface area (Å²) in [6.45, 7) is 7.78. The fourth-order valence-electron chi connectivity index (χ4n) is 4.13. The lowest BCUT2D eigenvalue weighted by Gasteiger charge is -2.43. The first-order valence-electron chi connectivity index (χ1n) is 12.9. The lowest BCUT2D eigenvalue weighted by Crippen LogP contribution is -2.61. The molecule has 0 saturated carbocycles. The molecule has 1 heterocycles. The minimum atomic E-state index is -1.83. The normalized spacial score (nSPS) is 24.0. The number of rotatable bonds is 14. The molecule has 0 bridgehead atoms. The van der Waals surface area contributed by atoms with Crippen LogP contribution in [0.4, 0.5) is 0 Å². The summed E-state index contributed by atoms with van der Waals surface area (Å²) in [6.07, 6.45) is -13.8. The van der Waals surface area contributed by atoms with Crippen molar-refractivity contribution < 1.29 is 81.0 Å². The smallest absolute Gasteiger partial charge is 0.303 e. The predicted molar refractivity (Wildman–Crippen MR) is 135 cm³/mol. The van der Waals surface area contributed by atoms with E-state index in [2.05, 4.69) is 0 Å². The van der Waals surface area contributed by atoms with Gasteiger partial charge in [0.25, 0.3) is 0 Å². The van der Waals surface area contributed by atoms with E-state index in [9.17, 15) is 38.4 Å². The molecule has 1 saturated heterocycles. The maximum atomic E-state index is 12.1. The number of hydrogen-bond acceptors (Lipinski definition) is 17. The molecule has 242 valence electrons. The molecule has 1 rings (SSSR count). The number of hydrogen-bond donors (Lipinski definition) is 0. The van der Waals surface area contributed by atoms with Gasteiger partial charge >= 0.3 is 41.8 Å². The SMILES string of the molecule is CC(=O)OC(C=O)C(OC(C)=O)C(OC(C)=O)C(COC1OC(C)C(OC(C)=O)C(OC(C)=O)C1OC(C)=O)OC(C)=O. The average Bonchev–Trinajstić information content (AvgIpc) is 2.85. The van der Waals surface area contributed by atoms with Crippen molar-refractivity contribution in [3.05, 3.63) is 0 Å². The Labute approximate surface area is 246 Å². The van der Waals surface area contributed by atoms with Gasteiger partial charge in [-0.2, -0.15) is 0 Å². The number of ether oxygens (including phenoxy) is 9. The van der Waals surface area contributed by atoms with E-state index in [1.165, 1.54) is 6.92 Å². The Hall–Kier alpha value is -4.12. The monoisotopic (exact) mass is 620 g/mol. The van der Waals surface area contributed by atoms with Crippen molar-refractivity contribution in [1.29, 1.82) is 0 Å². The van der Waals surface area contributed by atoms with Crippen LogP contribution in [0.1, 0.15) is 55.4 Å². The van der Waals surface area contributed by atoms with Gasteiger partial charge in [0.15, 0.2) is 55.3 Å². The van der Waals surface area contributed by atoms with Crippen LogP contribution >= 0.6 is 0 Å². The molecular formula is C26H36O17. The molecule has 0 amide bonds. The standard InChI is InChI=1S/C26H36O17/c1-11-21(39-14(4)30)24(42-17(7)33)25(43-18(8)34)26(36-11)35-10-20(38-13(3)29)23(41-16(6)32)22(40-15(5)31)19(9-27)37-12(2)28/h9,11,19-26H,10H2,1-8H3. The van der Waals surface area contributed by atoms with E-state index in [0.29, 0.717) is 0 Å². The van der Waals surface area contributed by atoms with E-state index in [0.717, 1.165) is 48.5 Å². The third kappa shape index (κ3) is 12.3. The number of carbonyl (C=O) groups excluding carboxylic acids is 8. The molecule has 0 aromatic carbocycles. The highest BCUT2D eigenvalue weighted by Crippen LogP contribution is 2.30. The van der Waals surface area contributed by atoms with Crippen LogP contribution in [-0.2, 0) is 81.0 Å². The van der Waals surface area contributed by atoms with E-state index >= 15 is 0 Å². The van der Waals surface area contributed by atoms with Gasteiger partial charge in [0.05, 0.1) is 12.7 Å². The van der Waals surface area contributed by atoms with Crippen LogP contribution in [0, 0.1) is 0 Å². The first-order valence-corrected chi connectivity index (χ1v) is 12.9. The third-order valence-corrected chi connectivity index (χ3v) is 5.43. The van der Waals surface area contributed by atoms with Gasteiger partial charge in [0, 0.05) is 48.5 Å². The number of carbonyl (C=O) groups is 8. The van der Waals surface area contributed by atoms with Gasteiger partial charge < -0.3 is 42.6 Å². The van der Waals surface area contributed by atoms with Crippen molar-refractivity contribution in [2.75, 3.05) is 6.61 Å². The average molecular weight is 621 g/mol. The molecule has 9 unspecified atom stereocenters. The number of esters is 7. The fourth-order valence-corrected chi connectivity index (χ4v) is 4.13. The molecule has 0 aliphatic carbocycles. The summed E-state index contributed by atoms with van der Waals surface area (Å²) >= 11 is 0. The van der Waals surface area contributed by atoms with E-state index in [1.807, 2.05) is 0 Å². The number of aldehydes is 1. The molecule has 0 N–H and O–H groups in total. The summed E-state index contributed by atoms with van der Waals surface area (Å²) in [5.41, 5.74) is 0. The molecule has 0 spiro atoms. The summed E-state index contributed by atoms with van der Waals surface area (Å²) in [7, 11) is 0. The summed E-state index contributed by atoms with van der Waals surface area (Å²) in [6, 6.07) is 0. The third-order valence-electron chi connectivity index (χ3n) is 5.43. The van der Waals surface area contributed by atoms with Crippen molar-refractivity contribution in [3.8, 4) is 0 Å². The second-order valence-corrected chi connectivity index (χ2v) is 9.27. The molecule has 9 atom stereocenters. The minimum Gasteiger partial charge on any atom is -0.456 e. The van der Waals surface area contributed by atoms with Crippen molar-refractivity contribution in [1.82, 2.24) is 0 Å². The van der Waals surface area contributed by atoms with Gasteiger partial charge in [-0.25, -0.2) is 0 Å². The van der Waals surface area contributed by atoms with Crippen LogP contribution in [0.25, 0.3) is 0 Å². The van der Waals surface area contributed by atoms with Crippen molar-refractivity contribution >= 4 is 48.1 Å². The Morgan fingerprint density at radius 3 is 1.49 bits per heavy atom. The highest BCUT2D eigenvalue weighted by atomic mass is 16.7. The molecule has 1 aliphatic heterocycles. The summed E-state index contributed by atoms with van der Waals surface area (Å²) in [5.74, 6) is -6.31. The Bertz CT molecular complexity index is 1050. The molecule has 0 aromatic heterocycles. The van der Waals surface area contributed by atoms with Crippen LogP contribution in [0.5, 0.6) is 0 Å². The van der Waals surface area contributed by atoms with Gasteiger partial charge in [-0.15, -0.1) is 0 Å². The summed E-state index contributed by atoms with van der Waals surface area (Å²) in [5, 5.41) is 0. The van der Waals surface area contributed by atoms with Crippen molar-refractivity contribution in [2.24, 2.45) is 0 Å². The molecular weight excluding hydrogens is 584 g/mol. The largest absolute Gasteiger partial charge is 0.456 e. The second-order valence-electron chi connectivity index (χ2n) is 9.27. The van der Waals surface area contributed by atoms with Crippen molar-refractivity contribution in [2.45, 2.75) is 111 Å². The zero-order valence-corrected chi connectivity index (χ0v) is 24.9. The lowest BCUT2D eigenvalue weighted by molar-refractivity contribution is -0.306. The quantitative estimate of drug-likeness (QED) is 0.135. The maximum absolute atomic E-state index is 12.1. The van der Waals surface area contributed by atoms with Gasteiger partial charge in [-0.3, -0.25) is 38.4 Å². The summed E-state index contributed by atoms with van der Waals surface area (Å²) in [4.78, 5) is 95.0. The fraction of sp³-hybridized carbons (Fsp3) is 0.692. The highest BCUT2D eigenvalue weighted by Gasteiger charge is 2.52. The van der Waals surface area contributed by atoms with Crippen LogP contribution in [-0.4, -0.2) is 110 Å². The van der Waals surface area contributed by atoms with Crippen molar-refractivity contribution in [3.63, 3.8) is 0 Å². The van der Waals surface area contributed by atoms with Crippen LogP contribution in [0.3, 0.4) is 0 Å². The first-order chi connectivity index (χ1) is 20.0. The van der Waals surface area contributed by atoms with Crippen LogP contribution in [0.2, 0.25) is 0 Å². The van der Waals surface area contributed by atoms with E-state index in [4.69, 9.17) is 42.6 Å². The second kappa shape index (κ2) is 17.1. The van der Waals surface area contributed by atoms with Crippen LogP contribution < -0.4 is 0 Å². The van der Waals surface area contributed by atoms with Gasteiger partial charge in [-0.1, -0.05) is 0 Å². The van der Waals surface area contributed by atoms with Gasteiger partial charge in [-0.05, 0) is 6.92 Å². The zero-order valence-electron chi connectivity index (χ0n) is 24.9. The Kier molecular flexibility index (Phi) is 14.7. The molecule has 43 heavy (non-hydrogen) atoms. The lowest BCUT2D eigenvalue weighted by atomic mass is 9.98. The summed E-state index contributed by atoms with van der Waals surface area (Å²) < 4.78 is 47.9. The molecule has 1 aliphatic rings. The van der Waals surface area contributed by atoms with Gasteiger partial charge in [0.1, 0.15) is 0 Å². The highest BCUT2D eigenvalue weighted by molar-refractivity contribution is 5.72. The zero-order chi connectivity index (χ0) is 33.0. The Morgan fingerprint density at radius 1 is 0.605 bits per heavy atom. The molecule has 17 heteroatoms. The Morgan fingerprint density at radius 2 is 1.05 bits per heavy atom. The van der Waals surface area contributed by atoms with E-state index in [1.54, 1.807) is 0 Å². The molecule has 17 nitrogen and oxygen atoms in total. The van der Waals surface area contributed by atoms with Crippen LogP contribution in [0.15, 0.2) is 0 Å². The van der Waals surface area contributed by atoms with E-state index < -0.39 is 104 Å². The molecule has 0 radical (unpaired) electrons. The minimum absolute atomic E-state index is 0.110. The predicted octanol–water partition coefficient (Wildman–Crippen LogP) is -0.531. The van der Waals surface area contributed by atoms with Gasteiger partial charge in [0.2, 0.25) is 0 Å². The molecule has 0 aromatic rings. The first kappa shape index (κ1) is 36.9. The topological polar surface area (TPSA) is 220 Å². The maximum Gasteiger partial charge on any atom is 0.303 e. The Balaban J connectivity index is 3.55. The molecule has 1 fully saturated rings. The van der Waals surface area contributed by atoms with E-state index in [-0.39, 0.29) is 6.29 Å².